The fourth-order valence-corrected chi connectivity index (χ4v) is 2.49. The molecule has 1 aromatic heterocycles. The van der Waals surface area contributed by atoms with Crippen molar-refractivity contribution in [3.8, 4) is 12.1 Å². The van der Waals surface area contributed by atoms with Gasteiger partial charge >= 0.3 is 0 Å². The maximum atomic E-state index is 9.27. The molecule has 138 valence electrons. The molecule has 0 saturated carbocycles. The van der Waals surface area contributed by atoms with E-state index in [1.54, 1.807) is 0 Å². The second-order valence-electron chi connectivity index (χ2n) is 5.89. The molecule has 3 rings (SSSR count). The molecule has 0 saturated heterocycles. The molecule has 0 aliphatic rings. The van der Waals surface area contributed by atoms with Crippen LogP contribution in [0.5, 0.6) is 0 Å². The van der Waals surface area contributed by atoms with Gasteiger partial charge in [0.1, 0.15) is 12.1 Å². The summed E-state index contributed by atoms with van der Waals surface area (Å²) < 4.78 is 0. The van der Waals surface area contributed by atoms with Gasteiger partial charge in [-0.05, 0) is 35.4 Å². The fraction of sp³-hybridized carbons (Fsp3) is 0.100. The van der Waals surface area contributed by atoms with Crippen LogP contribution in [0.3, 0.4) is 0 Å². The first-order valence-corrected chi connectivity index (χ1v) is 8.51. The fourth-order valence-electron chi connectivity index (χ4n) is 2.49. The molecule has 0 spiro atoms. The lowest BCUT2D eigenvalue weighted by molar-refractivity contribution is 1.07. The lowest BCUT2D eigenvalue weighted by Crippen LogP contribution is -2.07. The van der Waals surface area contributed by atoms with Crippen molar-refractivity contribution >= 4 is 23.0 Å². The summed E-state index contributed by atoms with van der Waals surface area (Å²) in [4.78, 5) is 8.53. The number of aromatic nitrogens is 2. The van der Waals surface area contributed by atoms with Crippen LogP contribution >= 0.6 is 0 Å². The van der Waals surface area contributed by atoms with Crippen molar-refractivity contribution in [3.05, 3.63) is 71.0 Å². The van der Waals surface area contributed by atoms with E-state index in [0.717, 1.165) is 22.5 Å². The molecule has 0 unspecified atom stereocenters. The van der Waals surface area contributed by atoms with Crippen LogP contribution in [-0.2, 0) is 13.1 Å². The van der Waals surface area contributed by atoms with Gasteiger partial charge in [0.2, 0.25) is 0 Å². The summed E-state index contributed by atoms with van der Waals surface area (Å²) in [6.07, 6.45) is 0. The van der Waals surface area contributed by atoms with E-state index in [0.29, 0.717) is 24.7 Å². The van der Waals surface area contributed by atoms with Crippen LogP contribution in [0.2, 0.25) is 0 Å². The van der Waals surface area contributed by atoms with Crippen LogP contribution in [0.15, 0.2) is 48.5 Å². The lowest BCUT2D eigenvalue weighted by Gasteiger charge is -2.13. The molecule has 1 heterocycles. The molecule has 8 nitrogen and oxygen atoms in total. The van der Waals surface area contributed by atoms with Gasteiger partial charge in [-0.25, -0.2) is 9.97 Å². The third kappa shape index (κ3) is 4.22. The smallest absolute Gasteiger partial charge is 0.179 e. The van der Waals surface area contributed by atoms with Crippen molar-refractivity contribution < 1.29 is 0 Å². The van der Waals surface area contributed by atoms with E-state index in [9.17, 15) is 10.5 Å². The minimum Gasteiger partial charge on any atom is -0.337 e. The summed E-state index contributed by atoms with van der Waals surface area (Å²) >= 11 is 0. The second kappa shape index (κ2) is 8.60. The number of hydrogen-bond acceptors (Lipinski definition) is 8. The minimum atomic E-state index is -0.0485. The second-order valence-corrected chi connectivity index (χ2v) is 5.89. The average Bonchev–Trinajstić information content (AvgIpc) is 2.75. The van der Waals surface area contributed by atoms with Crippen LogP contribution in [0.1, 0.15) is 22.5 Å². The maximum absolute atomic E-state index is 9.27. The van der Waals surface area contributed by atoms with Gasteiger partial charge in [-0.2, -0.15) is 10.5 Å². The largest absolute Gasteiger partial charge is 0.337 e. The normalized spacial score (nSPS) is 10.0. The van der Waals surface area contributed by atoms with Crippen LogP contribution < -0.4 is 22.1 Å². The molecule has 0 atom stereocenters. The Labute approximate surface area is 162 Å². The molecule has 3 aromatic rings. The number of nitrogens with two attached hydrogens (primary N) is 2. The van der Waals surface area contributed by atoms with E-state index in [1.807, 2.05) is 60.7 Å². The van der Waals surface area contributed by atoms with Crippen LogP contribution in [0, 0.1) is 22.7 Å². The summed E-state index contributed by atoms with van der Waals surface area (Å²) in [6, 6.07) is 18.8. The molecule has 0 aliphatic carbocycles. The topological polar surface area (TPSA) is 149 Å². The molecular weight excluding hydrogens is 352 g/mol. The predicted octanol–water partition coefficient (Wildman–Crippen LogP) is 2.62. The van der Waals surface area contributed by atoms with Crippen molar-refractivity contribution in [2.24, 2.45) is 11.5 Å². The van der Waals surface area contributed by atoms with Crippen molar-refractivity contribution in [2.45, 2.75) is 13.1 Å². The molecule has 6 N–H and O–H groups in total. The van der Waals surface area contributed by atoms with Gasteiger partial charge in [-0.15, -0.1) is 0 Å². The maximum Gasteiger partial charge on any atom is 0.179 e. The summed E-state index contributed by atoms with van der Waals surface area (Å²) in [5, 5.41) is 24.8. The number of nitrogens with one attached hydrogen (secondary N) is 2. The van der Waals surface area contributed by atoms with E-state index >= 15 is 0 Å². The van der Waals surface area contributed by atoms with Crippen molar-refractivity contribution in [1.29, 1.82) is 10.5 Å². The molecule has 0 fully saturated rings. The lowest BCUT2D eigenvalue weighted by atomic mass is 10.2. The van der Waals surface area contributed by atoms with Crippen LogP contribution in [-0.4, -0.2) is 9.97 Å². The molecule has 8 heteroatoms. The Bertz CT molecular complexity index is 957. The highest BCUT2D eigenvalue weighted by Crippen LogP contribution is 2.26. The molecular formula is C20H18N8. The first-order chi connectivity index (χ1) is 13.7. The van der Waals surface area contributed by atoms with Gasteiger partial charge < -0.3 is 22.1 Å². The minimum absolute atomic E-state index is 0.0485. The molecule has 0 amide bonds. The molecule has 2 aromatic carbocycles. The summed E-state index contributed by atoms with van der Waals surface area (Å²) in [6.45, 7) is 0.891. The highest BCUT2D eigenvalue weighted by molar-refractivity contribution is 5.73. The quantitative estimate of drug-likeness (QED) is 0.517. The zero-order valence-electron chi connectivity index (χ0n) is 15.0. The third-order valence-electron chi connectivity index (χ3n) is 4.01. The third-order valence-corrected chi connectivity index (χ3v) is 4.01. The van der Waals surface area contributed by atoms with E-state index in [-0.39, 0.29) is 11.4 Å². The van der Waals surface area contributed by atoms with Crippen molar-refractivity contribution in [1.82, 2.24) is 9.97 Å². The molecule has 0 radical (unpaired) electrons. The number of nitrogens with zero attached hydrogens (tertiary/aromatic N) is 4. The first-order valence-electron chi connectivity index (χ1n) is 8.51. The Morgan fingerprint density at radius 3 is 1.32 bits per heavy atom. The Morgan fingerprint density at radius 2 is 1.04 bits per heavy atom. The van der Waals surface area contributed by atoms with Gasteiger partial charge in [0.15, 0.2) is 23.0 Å². The number of benzene rings is 2. The number of rotatable bonds is 6. The van der Waals surface area contributed by atoms with Crippen molar-refractivity contribution in [3.63, 3.8) is 0 Å². The number of nitriles is 2. The van der Waals surface area contributed by atoms with Gasteiger partial charge in [-0.3, -0.25) is 0 Å². The molecule has 0 aliphatic heterocycles. The molecule has 28 heavy (non-hydrogen) atoms. The Morgan fingerprint density at radius 1 is 0.679 bits per heavy atom. The van der Waals surface area contributed by atoms with Gasteiger partial charge in [0.25, 0.3) is 0 Å². The van der Waals surface area contributed by atoms with E-state index in [2.05, 4.69) is 20.6 Å². The zero-order chi connectivity index (χ0) is 19.9. The zero-order valence-corrected chi connectivity index (χ0v) is 15.0. The SMILES string of the molecule is N#Cc1nc(Nc2ccc(CN)cc2)c(Nc2ccc(CN)cc2)nc1C#N. The number of anilines is 4. The monoisotopic (exact) mass is 370 g/mol. The van der Waals surface area contributed by atoms with E-state index < -0.39 is 0 Å². The van der Waals surface area contributed by atoms with E-state index in [4.69, 9.17) is 11.5 Å². The van der Waals surface area contributed by atoms with Crippen LogP contribution in [0.25, 0.3) is 0 Å². The highest BCUT2D eigenvalue weighted by Gasteiger charge is 2.14. The standard InChI is InChI=1S/C20H18N8/c21-9-13-1-5-15(6-2-13)25-19-20(28-18(12-24)17(11-23)27-19)26-16-7-3-14(10-22)4-8-16/h1-8H,9-10,21-22H2,(H,25,27)(H,26,28). The first kappa shape index (κ1) is 18.8. The Balaban J connectivity index is 1.98. The summed E-state index contributed by atoms with van der Waals surface area (Å²) in [5.41, 5.74) is 14.6. The van der Waals surface area contributed by atoms with E-state index in [1.165, 1.54) is 0 Å². The Kier molecular flexibility index (Phi) is 5.78. The Hall–Kier alpha value is -3.98. The van der Waals surface area contributed by atoms with Gasteiger partial charge in [0, 0.05) is 24.5 Å². The summed E-state index contributed by atoms with van der Waals surface area (Å²) in [5.74, 6) is 0.665. The van der Waals surface area contributed by atoms with Gasteiger partial charge in [-0.1, -0.05) is 24.3 Å². The molecule has 0 bridgehead atoms. The van der Waals surface area contributed by atoms with Crippen LogP contribution in [0.4, 0.5) is 23.0 Å². The van der Waals surface area contributed by atoms with Crippen molar-refractivity contribution in [2.75, 3.05) is 10.6 Å². The average molecular weight is 370 g/mol. The predicted molar refractivity (Wildman–Crippen MR) is 107 cm³/mol. The summed E-state index contributed by atoms with van der Waals surface area (Å²) in [7, 11) is 0. The number of hydrogen-bond donors (Lipinski definition) is 4. The highest BCUT2D eigenvalue weighted by atomic mass is 15.1. The van der Waals surface area contributed by atoms with Gasteiger partial charge in [0.05, 0.1) is 0 Å².